The van der Waals surface area contributed by atoms with Crippen molar-refractivity contribution < 1.29 is 9.90 Å². The molecule has 3 aromatic rings. The van der Waals surface area contributed by atoms with E-state index in [9.17, 15) is 9.90 Å². The molecule has 1 aliphatic rings. The summed E-state index contributed by atoms with van der Waals surface area (Å²) in [5, 5.41) is 17.4. The maximum absolute atomic E-state index is 11.7. The van der Waals surface area contributed by atoms with Gasteiger partial charge in [0, 0.05) is 13.6 Å². The number of hydrogen-bond acceptors (Lipinski definition) is 4. The lowest BCUT2D eigenvalue weighted by Crippen LogP contribution is -2.18. The maximum Gasteiger partial charge on any atom is 0.337 e. The predicted octanol–water partition coefficient (Wildman–Crippen LogP) is 6.34. The molecule has 1 fully saturated rings. The lowest BCUT2D eigenvalue weighted by Gasteiger charge is -2.15. The smallest absolute Gasteiger partial charge is 0.337 e. The van der Waals surface area contributed by atoms with Gasteiger partial charge in [0.05, 0.1) is 5.56 Å². The normalized spacial score (nSPS) is 14.4. The maximum atomic E-state index is 11.7. The Kier molecular flexibility index (Phi) is 6.23. The summed E-state index contributed by atoms with van der Waals surface area (Å²) in [5.74, 6) is -1.00. The molecule has 4 rings (SSSR count). The van der Waals surface area contributed by atoms with Gasteiger partial charge in [-0.15, -0.1) is 0 Å². The van der Waals surface area contributed by atoms with E-state index < -0.39 is 5.97 Å². The largest absolute Gasteiger partial charge is 0.478 e. The van der Waals surface area contributed by atoms with Crippen LogP contribution in [-0.2, 0) is 6.54 Å². The molecule has 5 heteroatoms. The summed E-state index contributed by atoms with van der Waals surface area (Å²) in [5.41, 5.74) is 6.89. The molecule has 0 saturated carbocycles. The average molecular weight is 414 g/mol. The minimum atomic E-state index is -1.00. The Morgan fingerprint density at radius 3 is 2.26 bits per heavy atom. The number of hydrogen-bond donors (Lipinski definition) is 1. The van der Waals surface area contributed by atoms with Gasteiger partial charge in [-0.2, -0.15) is 10.2 Å². The van der Waals surface area contributed by atoms with Crippen molar-refractivity contribution in [2.24, 2.45) is 10.2 Å². The molecule has 1 aliphatic heterocycles. The summed E-state index contributed by atoms with van der Waals surface area (Å²) in [6.07, 6.45) is 2.60. The van der Waals surface area contributed by atoms with Gasteiger partial charge in [-0.3, -0.25) is 4.90 Å². The number of rotatable bonds is 6. The van der Waals surface area contributed by atoms with Crippen LogP contribution in [0.4, 0.5) is 5.69 Å². The summed E-state index contributed by atoms with van der Waals surface area (Å²) in [4.78, 5) is 14.2. The lowest BCUT2D eigenvalue weighted by atomic mass is 9.96. The Morgan fingerprint density at radius 1 is 0.935 bits per heavy atom. The van der Waals surface area contributed by atoms with Gasteiger partial charge in [0.25, 0.3) is 0 Å². The fraction of sp³-hybridized carbons (Fsp3) is 0.269. The molecule has 0 aliphatic carbocycles. The number of benzene rings is 3. The average Bonchev–Trinajstić information content (AvgIpc) is 3.28. The van der Waals surface area contributed by atoms with E-state index in [0.29, 0.717) is 5.69 Å². The van der Waals surface area contributed by atoms with Crippen LogP contribution in [0.25, 0.3) is 22.3 Å². The molecule has 3 aromatic carbocycles. The third kappa shape index (κ3) is 4.72. The van der Waals surface area contributed by atoms with Gasteiger partial charge in [0.15, 0.2) is 0 Å². The van der Waals surface area contributed by atoms with Crippen molar-refractivity contribution in [1.29, 1.82) is 0 Å². The van der Waals surface area contributed by atoms with Crippen LogP contribution in [0.15, 0.2) is 70.9 Å². The second kappa shape index (κ2) is 9.23. The van der Waals surface area contributed by atoms with Crippen molar-refractivity contribution >= 4 is 11.7 Å². The van der Waals surface area contributed by atoms with Crippen LogP contribution in [-0.4, -0.2) is 36.1 Å². The Hall–Kier alpha value is -3.31. The molecule has 1 N–H and O–H groups in total. The van der Waals surface area contributed by atoms with Gasteiger partial charge in [0.1, 0.15) is 5.69 Å². The van der Waals surface area contributed by atoms with Gasteiger partial charge in [-0.05, 0) is 84.4 Å². The van der Waals surface area contributed by atoms with Crippen molar-refractivity contribution in [3.8, 4) is 22.3 Å². The molecule has 0 spiro atoms. The van der Waals surface area contributed by atoms with E-state index >= 15 is 0 Å². The summed E-state index contributed by atoms with van der Waals surface area (Å²) < 4.78 is 0. The van der Waals surface area contributed by atoms with E-state index in [1.807, 2.05) is 25.1 Å². The Bertz CT molecular complexity index is 1110. The minimum absolute atomic E-state index is 0.166. The van der Waals surface area contributed by atoms with Crippen LogP contribution in [0.2, 0.25) is 0 Å². The summed E-state index contributed by atoms with van der Waals surface area (Å²) in [6.45, 7) is 5.25. The van der Waals surface area contributed by atoms with Gasteiger partial charge < -0.3 is 5.11 Å². The van der Waals surface area contributed by atoms with Crippen LogP contribution in [0, 0.1) is 6.92 Å². The molecule has 158 valence electrons. The first kappa shape index (κ1) is 20.9. The fourth-order valence-corrected chi connectivity index (χ4v) is 4.25. The molecule has 0 bridgehead atoms. The fourth-order valence-electron chi connectivity index (χ4n) is 4.25. The molecule has 0 aromatic heterocycles. The zero-order valence-electron chi connectivity index (χ0n) is 18.0. The zero-order valence-corrected chi connectivity index (χ0v) is 18.0. The van der Waals surface area contributed by atoms with Gasteiger partial charge >= 0.3 is 5.97 Å². The molecule has 31 heavy (non-hydrogen) atoms. The second-order valence-electron chi connectivity index (χ2n) is 8.06. The number of azo groups is 1. The van der Waals surface area contributed by atoms with E-state index in [0.717, 1.165) is 28.8 Å². The molecule has 5 nitrogen and oxygen atoms in total. The van der Waals surface area contributed by atoms with Gasteiger partial charge in [0.2, 0.25) is 0 Å². The van der Waals surface area contributed by atoms with Crippen LogP contribution in [0.5, 0.6) is 0 Å². The van der Waals surface area contributed by atoms with Gasteiger partial charge in [-0.1, -0.05) is 42.5 Å². The standard InChI is InChI=1S/C26H27N3O2/c1-18-14-23(16-24(26(30)31)25(18)28-27-2)21-10-8-20(9-11-21)22-7-5-6-19(15-22)17-29-12-3-4-13-29/h5-11,14-16H,3-4,12-13,17H2,1-2H3,(H,30,31). The summed E-state index contributed by atoms with van der Waals surface area (Å²) >= 11 is 0. The number of aromatic carboxylic acids is 1. The van der Waals surface area contributed by atoms with E-state index in [2.05, 4.69) is 51.5 Å². The van der Waals surface area contributed by atoms with Gasteiger partial charge in [-0.25, -0.2) is 4.79 Å². The van der Waals surface area contributed by atoms with Crippen molar-refractivity contribution in [2.75, 3.05) is 20.1 Å². The molecular weight excluding hydrogens is 386 g/mol. The first-order valence-electron chi connectivity index (χ1n) is 10.6. The number of nitrogens with zero attached hydrogens (tertiary/aromatic N) is 3. The number of carbonyl (C=O) groups is 1. The van der Waals surface area contributed by atoms with Crippen LogP contribution >= 0.6 is 0 Å². The molecular formula is C26H27N3O2. The molecule has 1 saturated heterocycles. The molecule has 1 heterocycles. The lowest BCUT2D eigenvalue weighted by molar-refractivity contribution is 0.0697. The Morgan fingerprint density at radius 2 is 1.61 bits per heavy atom. The first-order valence-corrected chi connectivity index (χ1v) is 10.6. The minimum Gasteiger partial charge on any atom is -0.478 e. The Balaban J connectivity index is 1.61. The van der Waals surface area contributed by atoms with Crippen molar-refractivity contribution in [1.82, 2.24) is 4.90 Å². The number of carboxylic acid groups (broad SMARTS) is 1. The molecule has 0 atom stereocenters. The monoisotopic (exact) mass is 413 g/mol. The third-order valence-corrected chi connectivity index (χ3v) is 5.81. The van der Waals surface area contributed by atoms with E-state index in [4.69, 9.17) is 0 Å². The van der Waals surface area contributed by atoms with E-state index in [-0.39, 0.29) is 5.56 Å². The molecule has 0 amide bonds. The van der Waals surface area contributed by atoms with Crippen molar-refractivity contribution in [2.45, 2.75) is 26.3 Å². The summed E-state index contributed by atoms with van der Waals surface area (Å²) in [7, 11) is 1.54. The third-order valence-electron chi connectivity index (χ3n) is 5.81. The highest BCUT2D eigenvalue weighted by Crippen LogP contribution is 2.32. The van der Waals surface area contributed by atoms with Crippen molar-refractivity contribution in [3.63, 3.8) is 0 Å². The second-order valence-corrected chi connectivity index (χ2v) is 8.06. The topological polar surface area (TPSA) is 65.3 Å². The van der Waals surface area contributed by atoms with Crippen molar-refractivity contribution in [3.05, 3.63) is 77.4 Å². The zero-order chi connectivity index (χ0) is 21.8. The number of likely N-dealkylation sites (tertiary alicyclic amines) is 1. The first-order chi connectivity index (χ1) is 15.0. The predicted molar refractivity (Wildman–Crippen MR) is 124 cm³/mol. The summed E-state index contributed by atoms with van der Waals surface area (Å²) in [6, 6.07) is 20.6. The highest BCUT2D eigenvalue weighted by atomic mass is 16.4. The Labute approximate surface area is 183 Å². The molecule has 0 radical (unpaired) electrons. The van der Waals surface area contributed by atoms with Crippen LogP contribution in [0.3, 0.4) is 0 Å². The quantitative estimate of drug-likeness (QED) is 0.480. The SMILES string of the molecule is CN=Nc1c(C)cc(-c2ccc(-c3cccc(CN4CCCC4)c3)cc2)cc1C(=O)O. The van der Waals surface area contributed by atoms with E-state index in [1.165, 1.54) is 44.1 Å². The number of aryl methyl sites for hydroxylation is 1. The number of carboxylic acids is 1. The van der Waals surface area contributed by atoms with E-state index in [1.54, 1.807) is 6.07 Å². The van der Waals surface area contributed by atoms with Crippen LogP contribution in [0.1, 0.15) is 34.3 Å². The van der Waals surface area contributed by atoms with Crippen LogP contribution < -0.4 is 0 Å². The molecule has 0 unspecified atom stereocenters. The highest BCUT2D eigenvalue weighted by molar-refractivity contribution is 5.96. The highest BCUT2D eigenvalue weighted by Gasteiger charge is 2.15.